The molecule has 0 aliphatic heterocycles. The highest BCUT2D eigenvalue weighted by molar-refractivity contribution is 9.10. The average molecular weight is 329 g/mol. The van der Waals surface area contributed by atoms with Crippen LogP contribution in [0.2, 0.25) is 0 Å². The third-order valence-electron chi connectivity index (χ3n) is 2.94. The zero-order valence-electron chi connectivity index (χ0n) is 11.6. The Balaban J connectivity index is 2.74. The SMILES string of the molecule is CCC(N)Cc1ccc(OC(C)C(=O)NC)c(Br)c1. The van der Waals surface area contributed by atoms with Crippen molar-refractivity contribution in [1.82, 2.24) is 5.32 Å². The van der Waals surface area contributed by atoms with Crippen LogP contribution in [0.1, 0.15) is 25.8 Å². The first-order valence-electron chi connectivity index (χ1n) is 6.40. The zero-order valence-corrected chi connectivity index (χ0v) is 13.2. The summed E-state index contributed by atoms with van der Waals surface area (Å²) in [6, 6.07) is 6.00. The highest BCUT2D eigenvalue weighted by Gasteiger charge is 2.14. The lowest BCUT2D eigenvalue weighted by atomic mass is 10.0. The van der Waals surface area contributed by atoms with Crippen molar-refractivity contribution in [3.8, 4) is 5.75 Å². The molecule has 0 spiro atoms. The molecule has 1 amide bonds. The van der Waals surface area contributed by atoms with Crippen molar-refractivity contribution >= 4 is 21.8 Å². The van der Waals surface area contributed by atoms with Crippen LogP contribution in [0.3, 0.4) is 0 Å². The molecule has 1 aromatic rings. The van der Waals surface area contributed by atoms with Crippen LogP contribution < -0.4 is 15.8 Å². The first-order chi connectivity index (χ1) is 8.97. The van der Waals surface area contributed by atoms with E-state index in [1.165, 1.54) is 0 Å². The second-order valence-electron chi connectivity index (χ2n) is 4.51. The van der Waals surface area contributed by atoms with Gasteiger partial charge in [0.25, 0.3) is 5.91 Å². The van der Waals surface area contributed by atoms with E-state index in [9.17, 15) is 4.79 Å². The molecule has 1 rings (SSSR count). The maximum atomic E-state index is 11.4. The highest BCUT2D eigenvalue weighted by atomic mass is 79.9. The summed E-state index contributed by atoms with van der Waals surface area (Å²) >= 11 is 3.46. The van der Waals surface area contributed by atoms with Gasteiger partial charge in [0, 0.05) is 13.1 Å². The molecule has 0 bridgehead atoms. The van der Waals surface area contributed by atoms with E-state index in [1.807, 2.05) is 18.2 Å². The van der Waals surface area contributed by atoms with Gasteiger partial charge >= 0.3 is 0 Å². The Kier molecular flexibility index (Phi) is 6.31. The molecule has 3 N–H and O–H groups in total. The predicted molar refractivity (Wildman–Crippen MR) is 80.3 cm³/mol. The minimum Gasteiger partial charge on any atom is -0.480 e. The highest BCUT2D eigenvalue weighted by Crippen LogP contribution is 2.27. The van der Waals surface area contributed by atoms with Gasteiger partial charge in [-0.2, -0.15) is 0 Å². The number of halogens is 1. The summed E-state index contributed by atoms with van der Waals surface area (Å²) in [5.74, 6) is 0.508. The molecule has 0 saturated heterocycles. The molecule has 1 aromatic carbocycles. The summed E-state index contributed by atoms with van der Waals surface area (Å²) < 4.78 is 6.43. The number of carbonyl (C=O) groups excluding carboxylic acids is 1. The van der Waals surface area contributed by atoms with Crippen LogP contribution in [0, 0.1) is 0 Å². The van der Waals surface area contributed by atoms with Gasteiger partial charge in [-0.25, -0.2) is 0 Å². The lowest BCUT2D eigenvalue weighted by Crippen LogP contribution is -2.33. The van der Waals surface area contributed by atoms with Crippen LogP contribution in [0.5, 0.6) is 5.75 Å². The first-order valence-corrected chi connectivity index (χ1v) is 7.19. The van der Waals surface area contributed by atoms with E-state index in [-0.39, 0.29) is 11.9 Å². The van der Waals surface area contributed by atoms with Gasteiger partial charge < -0.3 is 15.8 Å². The maximum Gasteiger partial charge on any atom is 0.260 e. The smallest absolute Gasteiger partial charge is 0.260 e. The number of nitrogens with one attached hydrogen (secondary N) is 1. The lowest BCUT2D eigenvalue weighted by molar-refractivity contribution is -0.126. The molecule has 0 fully saturated rings. The Morgan fingerprint density at radius 1 is 1.53 bits per heavy atom. The Hall–Kier alpha value is -1.07. The van der Waals surface area contributed by atoms with Crippen molar-refractivity contribution in [3.63, 3.8) is 0 Å². The monoisotopic (exact) mass is 328 g/mol. The van der Waals surface area contributed by atoms with Crippen LogP contribution >= 0.6 is 15.9 Å². The van der Waals surface area contributed by atoms with Gasteiger partial charge in [0.2, 0.25) is 0 Å². The molecule has 0 radical (unpaired) electrons. The molecular weight excluding hydrogens is 308 g/mol. The predicted octanol–water partition coefficient (Wildman–Crippen LogP) is 2.24. The largest absolute Gasteiger partial charge is 0.480 e. The second kappa shape index (κ2) is 7.50. The normalized spacial score (nSPS) is 13.7. The van der Waals surface area contributed by atoms with Crippen molar-refractivity contribution in [2.45, 2.75) is 38.8 Å². The molecule has 0 saturated carbocycles. The van der Waals surface area contributed by atoms with E-state index < -0.39 is 6.10 Å². The van der Waals surface area contributed by atoms with Gasteiger partial charge in [-0.1, -0.05) is 13.0 Å². The Labute approximate surface area is 122 Å². The Morgan fingerprint density at radius 3 is 2.74 bits per heavy atom. The molecule has 5 heteroatoms. The van der Waals surface area contributed by atoms with Crippen LogP contribution in [0.25, 0.3) is 0 Å². The quantitative estimate of drug-likeness (QED) is 0.841. The fourth-order valence-electron chi connectivity index (χ4n) is 1.66. The van der Waals surface area contributed by atoms with E-state index in [1.54, 1.807) is 14.0 Å². The van der Waals surface area contributed by atoms with E-state index >= 15 is 0 Å². The second-order valence-corrected chi connectivity index (χ2v) is 5.37. The number of benzene rings is 1. The van der Waals surface area contributed by atoms with Crippen molar-refractivity contribution in [3.05, 3.63) is 28.2 Å². The first kappa shape index (κ1) is 16.0. The van der Waals surface area contributed by atoms with Gasteiger partial charge in [-0.05, 0) is 53.4 Å². The third-order valence-corrected chi connectivity index (χ3v) is 3.56. The van der Waals surface area contributed by atoms with Gasteiger partial charge in [0.05, 0.1) is 4.47 Å². The molecular formula is C14H21BrN2O2. The summed E-state index contributed by atoms with van der Waals surface area (Å²) in [4.78, 5) is 11.4. The summed E-state index contributed by atoms with van der Waals surface area (Å²) in [6.45, 7) is 3.79. The molecule has 106 valence electrons. The number of rotatable bonds is 6. The summed E-state index contributed by atoms with van der Waals surface area (Å²) in [5, 5.41) is 2.55. The van der Waals surface area contributed by atoms with E-state index in [0.29, 0.717) is 5.75 Å². The van der Waals surface area contributed by atoms with Gasteiger partial charge in [0.15, 0.2) is 6.10 Å². The Morgan fingerprint density at radius 2 is 2.21 bits per heavy atom. The number of nitrogens with two attached hydrogens (primary N) is 1. The van der Waals surface area contributed by atoms with E-state index in [0.717, 1.165) is 22.9 Å². The van der Waals surface area contributed by atoms with E-state index in [2.05, 4.69) is 28.2 Å². The number of amides is 1. The van der Waals surface area contributed by atoms with Crippen molar-refractivity contribution in [2.75, 3.05) is 7.05 Å². The van der Waals surface area contributed by atoms with E-state index in [4.69, 9.17) is 10.5 Å². The number of hydrogen-bond acceptors (Lipinski definition) is 3. The van der Waals surface area contributed by atoms with Gasteiger partial charge in [-0.3, -0.25) is 4.79 Å². The van der Waals surface area contributed by atoms with Crippen molar-refractivity contribution in [1.29, 1.82) is 0 Å². The fourth-order valence-corrected chi connectivity index (χ4v) is 2.18. The molecule has 0 aliphatic carbocycles. The standard InChI is InChI=1S/C14H21BrN2O2/c1-4-11(16)7-10-5-6-13(12(15)8-10)19-9(2)14(18)17-3/h5-6,8-9,11H,4,7,16H2,1-3H3,(H,17,18). The molecule has 4 nitrogen and oxygen atoms in total. The average Bonchev–Trinajstić information content (AvgIpc) is 2.40. The maximum absolute atomic E-state index is 11.4. The minimum atomic E-state index is -0.523. The molecule has 0 aromatic heterocycles. The topological polar surface area (TPSA) is 64.3 Å². The number of carbonyl (C=O) groups is 1. The number of likely N-dealkylation sites (N-methyl/N-ethyl adjacent to an activating group) is 1. The van der Waals surface area contributed by atoms with Crippen LogP contribution in [-0.2, 0) is 11.2 Å². The lowest BCUT2D eigenvalue weighted by Gasteiger charge is -2.15. The molecule has 19 heavy (non-hydrogen) atoms. The number of hydrogen-bond donors (Lipinski definition) is 2. The summed E-state index contributed by atoms with van der Waals surface area (Å²) in [6.07, 6.45) is 1.26. The zero-order chi connectivity index (χ0) is 14.4. The van der Waals surface area contributed by atoms with Crippen molar-refractivity contribution in [2.24, 2.45) is 5.73 Å². The Bertz CT molecular complexity index is 437. The van der Waals surface area contributed by atoms with Gasteiger partial charge in [-0.15, -0.1) is 0 Å². The summed E-state index contributed by atoms with van der Waals surface area (Å²) in [5.41, 5.74) is 7.09. The minimum absolute atomic E-state index is 0.149. The van der Waals surface area contributed by atoms with Crippen LogP contribution in [-0.4, -0.2) is 25.1 Å². The third kappa shape index (κ3) is 4.84. The van der Waals surface area contributed by atoms with Crippen molar-refractivity contribution < 1.29 is 9.53 Å². The molecule has 0 heterocycles. The van der Waals surface area contributed by atoms with Crippen LogP contribution in [0.15, 0.2) is 22.7 Å². The molecule has 2 unspecified atom stereocenters. The fraction of sp³-hybridized carbons (Fsp3) is 0.500. The molecule has 0 aliphatic rings. The summed E-state index contributed by atoms with van der Waals surface area (Å²) in [7, 11) is 1.59. The number of ether oxygens (including phenoxy) is 1. The van der Waals surface area contributed by atoms with Gasteiger partial charge in [0.1, 0.15) is 5.75 Å². The van der Waals surface area contributed by atoms with Crippen LogP contribution in [0.4, 0.5) is 0 Å². The molecule has 2 atom stereocenters.